The van der Waals surface area contributed by atoms with Crippen LogP contribution < -0.4 is 0 Å². The maximum Gasteiger partial charge on any atom is 0.307 e. The summed E-state index contributed by atoms with van der Waals surface area (Å²) in [5.41, 5.74) is -0.726. The topological polar surface area (TPSA) is 80.4 Å². The normalized spacial score (nSPS) is 13.1. The van der Waals surface area contributed by atoms with E-state index in [1.807, 2.05) is 0 Å². The lowest BCUT2D eigenvalue weighted by atomic mass is 9.77. The molecule has 5 nitrogen and oxygen atoms in total. The number of halogens is 1. The number of carboxylic acids is 1. The molecule has 0 fully saturated rings. The molecule has 1 atom stereocenters. The van der Waals surface area contributed by atoms with E-state index in [4.69, 9.17) is 0 Å². The average Bonchev–Trinajstić information content (AvgIpc) is 2.23. The molecule has 0 aliphatic carbocycles. The third kappa shape index (κ3) is 3.74. The molecule has 0 aromatic heterocycles. The molecule has 0 amide bonds. The van der Waals surface area contributed by atoms with Gasteiger partial charge in [0, 0.05) is 11.6 Å². The van der Waals surface area contributed by atoms with Crippen LogP contribution in [0.25, 0.3) is 0 Å². The van der Waals surface area contributed by atoms with Gasteiger partial charge in [0.25, 0.3) is 5.69 Å². The molecule has 0 bridgehead atoms. The molecule has 1 N–H and O–H groups in total. The second kappa shape index (κ2) is 5.34. The molecule has 1 rings (SSSR count). The Morgan fingerprint density at radius 2 is 2.05 bits per heavy atom. The summed E-state index contributed by atoms with van der Waals surface area (Å²) in [6.07, 6.45) is -0.0765. The zero-order valence-electron chi connectivity index (χ0n) is 11.0. The van der Waals surface area contributed by atoms with Gasteiger partial charge in [0.05, 0.1) is 10.8 Å². The van der Waals surface area contributed by atoms with Crippen LogP contribution in [-0.4, -0.2) is 16.0 Å². The standard InChI is InChI=1S/C13H16FNO4/c1-13(2,3)10(12(16)17)7-8-6-9(14)4-5-11(8)15(18)19/h4-6,10H,7H2,1-3H3,(H,16,17). The van der Waals surface area contributed by atoms with Crippen molar-refractivity contribution in [1.82, 2.24) is 0 Å². The van der Waals surface area contributed by atoms with Gasteiger partial charge < -0.3 is 5.11 Å². The summed E-state index contributed by atoms with van der Waals surface area (Å²) in [4.78, 5) is 21.5. The first-order valence-corrected chi connectivity index (χ1v) is 5.78. The quantitative estimate of drug-likeness (QED) is 0.673. The van der Waals surface area contributed by atoms with Gasteiger partial charge >= 0.3 is 5.97 Å². The molecule has 0 saturated carbocycles. The number of nitro groups is 1. The third-order valence-electron chi connectivity index (χ3n) is 3.01. The lowest BCUT2D eigenvalue weighted by Crippen LogP contribution is -2.30. The monoisotopic (exact) mass is 269 g/mol. The van der Waals surface area contributed by atoms with Crippen LogP contribution in [0.2, 0.25) is 0 Å². The maximum atomic E-state index is 13.2. The molecule has 0 spiro atoms. The Bertz CT molecular complexity index is 508. The van der Waals surface area contributed by atoms with E-state index in [0.717, 1.165) is 18.2 Å². The van der Waals surface area contributed by atoms with Crippen LogP contribution in [0.5, 0.6) is 0 Å². The molecule has 104 valence electrons. The van der Waals surface area contributed by atoms with Crippen LogP contribution in [0, 0.1) is 27.3 Å². The van der Waals surface area contributed by atoms with E-state index >= 15 is 0 Å². The minimum atomic E-state index is -1.05. The summed E-state index contributed by atoms with van der Waals surface area (Å²) in [5, 5.41) is 20.1. The summed E-state index contributed by atoms with van der Waals surface area (Å²) < 4.78 is 13.2. The minimum Gasteiger partial charge on any atom is -0.481 e. The van der Waals surface area contributed by atoms with Gasteiger partial charge in [-0.15, -0.1) is 0 Å². The summed E-state index contributed by atoms with van der Waals surface area (Å²) in [7, 11) is 0. The number of nitro benzene ring substituents is 1. The molecule has 0 heterocycles. The Labute approximate surface area is 110 Å². The number of benzene rings is 1. The number of hydrogen-bond acceptors (Lipinski definition) is 3. The number of rotatable bonds is 4. The second-order valence-electron chi connectivity index (χ2n) is 5.49. The highest BCUT2D eigenvalue weighted by Gasteiger charge is 2.33. The molecule has 0 aliphatic heterocycles. The maximum absolute atomic E-state index is 13.2. The molecule has 6 heteroatoms. The van der Waals surface area contributed by atoms with Crippen LogP contribution in [-0.2, 0) is 11.2 Å². The van der Waals surface area contributed by atoms with Gasteiger partial charge in [-0.3, -0.25) is 14.9 Å². The molecular weight excluding hydrogens is 253 g/mol. The number of carboxylic acid groups (broad SMARTS) is 1. The van der Waals surface area contributed by atoms with E-state index in [-0.39, 0.29) is 17.7 Å². The molecular formula is C13H16FNO4. The van der Waals surface area contributed by atoms with Gasteiger partial charge in [0.15, 0.2) is 0 Å². The number of nitrogens with zero attached hydrogens (tertiary/aromatic N) is 1. The van der Waals surface area contributed by atoms with E-state index in [1.165, 1.54) is 0 Å². The van der Waals surface area contributed by atoms with Crippen LogP contribution >= 0.6 is 0 Å². The van der Waals surface area contributed by atoms with Crippen molar-refractivity contribution in [3.63, 3.8) is 0 Å². The van der Waals surface area contributed by atoms with Gasteiger partial charge in [-0.05, 0) is 24.0 Å². The highest BCUT2D eigenvalue weighted by atomic mass is 19.1. The number of carbonyl (C=O) groups is 1. The zero-order chi connectivity index (χ0) is 14.8. The molecule has 0 aliphatic rings. The summed E-state index contributed by atoms with van der Waals surface area (Å²) >= 11 is 0. The zero-order valence-corrected chi connectivity index (χ0v) is 11.0. The largest absolute Gasteiger partial charge is 0.481 e. The molecule has 0 saturated heterocycles. The van der Waals surface area contributed by atoms with Crippen LogP contribution in [0.4, 0.5) is 10.1 Å². The Hall–Kier alpha value is -1.98. The Morgan fingerprint density at radius 1 is 1.47 bits per heavy atom. The van der Waals surface area contributed by atoms with Crippen molar-refractivity contribution in [1.29, 1.82) is 0 Å². The first-order chi connectivity index (χ1) is 8.62. The van der Waals surface area contributed by atoms with Gasteiger partial charge in [-0.1, -0.05) is 20.8 Å². The molecule has 19 heavy (non-hydrogen) atoms. The SMILES string of the molecule is CC(C)(C)C(Cc1cc(F)ccc1[N+](=O)[O-])C(=O)O. The van der Waals surface area contributed by atoms with Crippen molar-refractivity contribution in [2.75, 3.05) is 0 Å². The predicted octanol–water partition coefficient (Wildman–Crippen LogP) is 3.02. The molecule has 1 aromatic carbocycles. The fourth-order valence-electron chi connectivity index (χ4n) is 1.88. The minimum absolute atomic E-state index is 0.0765. The molecule has 1 aromatic rings. The highest BCUT2D eigenvalue weighted by Crippen LogP contribution is 2.32. The smallest absolute Gasteiger partial charge is 0.307 e. The van der Waals surface area contributed by atoms with Gasteiger partial charge in [-0.2, -0.15) is 0 Å². The van der Waals surface area contributed by atoms with E-state index in [2.05, 4.69) is 0 Å². The Kier molecular flexibility index (Phi) is 4.24. The fourth-order valence-corrected chi connectivity index (χ4v) is 1.88. The van der Waals surface area contributed by atoms with Crippen molar-refractivity contribution in [2.45, 2.75) is 27.2 Å². The van der Waals surface area contributed by atoms with E-state index < -0.39 is 28.0 Å². The lowest BCUT2D eigenvalue weighted by molar-refractivity contribution is -0.385. The average molecular weight is 269 g/mol. The predicted molar refractivity (Wildman–Crippen MR) is 67.3 cm³/mol. The Morgan fingerprint density at radius 3 is 2.47 bits per heavy atom. The highest BCUT2D eigenvalue weighted by molar-refractivity contribution is 5.71. The van der Waals surface area contributed by atoms with Crippen molar-refractivity contribution in [2.24, 2.45) is 11.3 Å². The van der Waals surface area contributed by atoms with Gasteiger partial charge in [-0.25, -0.2) is 4.39 Å². The van der Waals surface area contributed by atoms with E-state index in [1.54, 1.807) is 20.8 Å². The number of hydrogen-bond donors (Lipinski definition) is 1. The van der Waals surface area contributed by atoms with E-state index in [0.29, 0.717) is 0 Å². The Balaban J connectivity index is 3.19. The summed E-state index contributed by atoms with van der Waals surface area (Å²) in [6.45, 7) is 5.20. The van der Waals surface area contributed by atoms with E-state index in [9.17, 15) is 24.4 Å². The summed E-state index contributed by atoms with van der Waals surface area (Å²) in [5.74, 6) is -2.49. The number of aliphatic carboxylic acids is 1. The van der Waals surface area contributed by atoms with Crippen molar-refractivity contribution < 1.29 is 19.2 Å². The fraction of sp³-hybridized carbons (Fsp3) is 0.462. The third-order valence-corrected chi connectivity index (χ3v) is 3.01. The van der Waals surface area contributed by atoms with Crippen molar-refractivity contribution in [3.05, 3.63) is 39.7 Å². The van der Waals surface area contributed by atoms with Crippen molar-refractivity contribution in [3.8, 4) is 0 Å². The van der Waals surface area contributed by atoms with Gasteiger partial charge in [0.2, 0.25) is 0 Å². The molecule has 1 unspecified atom stereocenters. The van der Waals surface area contributed by atoms with Crippen LogP contribution in [0.3, 0.4) is 0 Å². The second-order valence-corrected chi connectivity index (χ2v) is 5.49. The first kappa shape index (κ1) is 15.1. The van der Waals surface area contributed by atoms with Gasteiger partial charge in [0.1, 0.15) is 5.82 Å². The lowest BCUT2D eigenvalue weighted by Gasteiger charge is -2.26. The summed E-state index contributed by atoms with van der Waals surface area (Å²) in [6, 6.07) is 3.08. The van der Waals surface area contributed by atoms with Crippen molar-refractivity contribution >= 4 is 11.7 Å². The van der Waals surface area contributed by atoms with Crippen LogP contribution in [0.15, 0.2) is 18.2 Å². The molecule has 0 radical (unpaired) electrons. The first-order valence-electron chi connectivity index (χ1n) is 5.78. The van der Waals surface area contributed by atoms with Crippen LogP contribution in [0.1, 0.15) is 26.3 Å².